The van der Waals surface area contributed by atoms with E-state index < -0.39 is 23.4 Å². The highest BCUT2D eigenvalue weighted by Crippen LogP contribution is 2.27. The van der Waals surface area contributed by atoms with Gasteiger partial charge in [0.05, 0.1) is 11.3 Å². The minimum atomic E-state index is -0.755. The quantitative estimate of drug-likeness (QED) is 0.540. The number of carbonyl (C=O) groups excluding carboxylic acids is 3. The lowest BCUT2D eigenvalue weighted by Crippen LogP contribution is -2.39. The number of hydrogen-bond acceptors (Lipinski definition) is 3. The van der Waals surface area contributed by atoms with Gasteiger partial charge in [0.2, 0.25) is 0 Å². The van der Waals surface area contributed by atoms with Crippen LogP contribution in [-0.4, -0.2) is 28.2 Å². The van der Waals surface area contributed by atoms with Crippen molar-refractivity contribution in [2.75, 3.05) is 5.32 Å². The maximum atomic E-state index is 13.0. The van der Waals surface area contributed by atoms with E-state index in [1.165, 1.54) is 35.9 Å². The molecule has 6 nitrogen and oxygen atoms in total. The molecule has 0 atom stereocenters. The van der Waals surface area contributed by atoms with Crippen LogP contribution in [0.4, 0.5) is 10.1 Å². The maximum Gasteiger partial charge on any atom is 0.294 e. The van der Waals surface area contributed by atoms with Gasteiger partial charge in [0.25, 0.3) is 17.6 Å². The lowest BCUT2D eigenvalue weighted by Gasteiger charge is -2.14. The van der Waals surface area contributed by atoms with E-state index in [1.807, 2.05) is 13.8 Å². The van der Waals surface area contributed by atoms with Crippen molar-refractivity contribution < 1.29 is 18.8 Å². The van der Waals surface area contributed by atoms with Gasteiger partial charge in [-0.15, -0.1) is 0 Å². The minimum absolute atomic E-state index is 0.0378. The first-order chi connectivity index (χ1) is 13.2. The number of halogens is 2. The van der Waals surface area contributed by atoms with Crippen molar-refractivity contribution in [3.8, 4) is 0 Å². The fourth-order valence-electron chi connectivity index (χ4n) is 2.96. The summed E-state index contributed by atoms with van der Waals surface area (Å²) in [6.45, 7) is 5.39. The van der Waals surface area contributed by atoms with Crippen molar-refractivity contribution in [3.63, 3.8) is 0 Å². The fourth-order valence-corrected chi connectivity index (χ4v) is 3.27. The van der Waals surface area contributed by atoms with Gasteiger partial charge in [-0.2, -0.15) is 0 Å². The molecule has 0 spiro atoms. The van der Waals surface area contributed by atoms with Crippen LogP contribution in [0.25, 0.3) is 0 Å². The Morgan fingerprint density at radius 1 is 1.14 bits per heavy atom. The van der Waals surface area contributed by atoms with E-state index in [9.17, 15) is 18.8 Å². The molecule has 0 saturated heterocycles. The summed E-state index contributed by atoms with van der Waals surface area (Å²) in [6, 6.07) is 5.15. The van der Waals surface area contributed by atoms with Gasteiger partial charge in [-0.3, -0.25) is 14.4 Å². The highest BCUT2D eigenvalue weighted by molar-refractivity contribution is 6.44. The molecule has 0 aliphatic heterocycles. The van der Waals surface area contributed by atoms with E-state index >= 15 is 0 Å². The van der Waals surface area contributed by atoms with E-state index in [0.29, 0.717) is 24.1 Å². The first-order valence-electron chi connectivity index (χ1n) is 8.98. The molecule has 28 heavy (non-hydrogen) atoms. The van der Waals surface area contributed by atoms with Crippen LogP contribution in [0.1, 0.15) is 53.1 Å². The van der Waals surface area contributed by atoms with Crippen LogP contribution in [0.3, 0.4) is 0 Å². The Kier molecular flexibility index (Phi) is 6.96. The fraction of sp³-hybridized carbons (Fsp3) is 0.350. The Morgan fingerprint density at radius 2 is 1.71 bits per heavy atom. The summed E-state index contributed by atoms with van der Waals surface area (Å²) in [6.07, 6.45) is 1.40. The number of aromatic nitrogens is 1. The summed E-state index contributed by atoms with van der Waals surface area (Å²) in [5.74, 6) is -2.47. The molecule has 2 rings (SSSR count). The number of Topliss-reactive ketones (excluding diaryl/α,β-unsaturated/α-hetero) is 1. The standard InChI is InChI=1S/C20H23ClFN3O3/c1-5-13(6-2)23-20(28)17(26)16-11(3)15(18(21)25(16)4)19(27)24-14-9-7-12(22)8-10-14/h7-10,13H,5-6H2,1-4H3,(H,23,28)(H,24,27). The third-order valence-electron chi connectivity index (χ3n) is 4.64. The predicted molar refractivity (Wildman–Crippen MR) is 106 cm³/mol. The van der Waals surface area contributed by atoms with Gasteiger partial charge in [-0.25, -0.2) is 4.39 Å². The molecule has 8 heteroatoms. The van der Waals surface area contributed by atoms with Crippen LogP contribution < -0.4 is 10.6 Å². The van der Waals surface area contributed by atoms with Crippen LogP contribution in [0.5, 0.6) is 0 Å². The van der Waals surface area contributed by atoms with Gasteiger partial charge in [-0.1, -0.05) is 25.4 Å². The lowest BCUT2D eigenvalue weighted by molar-refractivity contribution is -0.117. The molecule has 2 amide bonds. The molecule has 0 aliphatic rings. The molecule has 0 bridgehead atoms. The first kappa shape index (κ1) is 21.6. The maximum absolute atomic E-state index is 13.0. The Morgan fingerprint density at radius 3 is 2.25 bits per heavy atom. The summed E-state index contributed by atoms with van der Waals surface area (Å²) >= 11 is 6.27. The van der Waals surface area contributed by atoms with Crippen molar-refractivity contribution in [1.82, 2.24) is 9.88 Å². The van der Waals surface area contributed by atoms with Gasteiger partial charge in [0.1, 0.15) is 11.0 Å². The summed E-state index contributed by atoms with van der Waals surface area (Å²) in [4.78, 5) is 37.7. The van der Waals surface area contributed by atoms with E-state index in [1.54, 1.807) is 6.92 Å². The molecule has 1 aromatic carbocycles. The average Bonchev–Trinajstić information content (AvgIpc) is 2.89. The first-order valence-corrected chi connectivity index (χ1v) is 9.35. The smallest absolute Gasteiger partial charge is 0.294 e. The van der Waals surface area contributed by atoms with Crippen LogP contribution in [0.2, 0.25) is 5.15 Å². The Balaban J connectivity index is 2.31. The van der Waals surface area contributed by atoms with Crippen molar-refractivity contribution in [2.24, 2.45) is 7.05 Å². The number of ketones is 1. The number of amides is 2. The highest BCUT2D eigenvalue weighted by Gasteiger charge is 2.30. The van der Waals surface area contributed by atoms with Crippen LogP contribution in [0, 0.1) is 12.7 Å². The third kappa shape index (κ3) is 4.42. The van der Waals surface area contributed by atoms with Gasteiger partial charge >= 0.3 is 0 Å². The Bertz CT molecular complexity index is 902. The van der Waals surface area contributed by atoms with Crippen molar-refractivity contribution in [2.45, 2.75) is 39.7 Å². The molecule has 1 heterocycles. The number of carbonyl (C=O) groups is 3. The molecule has 0 radical (unpaired) electrons. The number of anilines is 1. The van der Waals surface area contributed by atoms with E-state index in [2.05, 4.69) is 10.6 Å². The average molecular weight is 408 g/mol. The van der Waals surface area contributed by atoms with Crippen LogP contribution in [-0.2, 0) is 11.8 Å². The largest absolute Gasteiger partial charge is 0.346 e. The molecule has 1 aromatic heterocycles. The van der Waals surface area contributed by atoms with Gasteiger partial charge in [-0.05, 0) is 49.6 Å². The summed E-state index contributed by atoms with van der Waals surface area (Å²) in [7, 11) is 1.52. The topological polar surface area (TPSA) is 80.2 Å². The second-order valence-corrected chi connectivity index (χ2v) is 6.83. The monoisotopic (exact) mass is 407 g/mol. The zero-order valence-corrected chi connectivity index (χ0v) is 17.0. The highest BCUT2D eigenvalue weighted by atomic mass is 35.5. The molecule has 0 saturated carbocycles. The van der Waals surface area contributed by atoms with Crippen molar-refractivity contribution in [3.05, 3.63) is 52.1 Å². The van der Waals surface area contributed by atoms with Crippen molar-refractivity contribution in [1.29, 1.82) is 0 Å². The number of benzene rings is 1. The molecule has 0 unspecified atom stereocenters. The number of rotatable bonds is 7. The molecule has 2 N–H and O–H groups in total. The molecular formula is C20H23ClFN3O3. The van der Waals surface area contributed by atoms with Gasteiger partial charge in [0.15, 0.2) is 0 Å². The lowest BCUT2D eigenvalue weighted by atomic mass is 10.1. The summed E-state index contributed by atoms with van der Waals surface area (Å²) < 4.78 is 14.3. The minimum Gasteiger partial charge on any atom is -0.346 e. The summed E-state index contributed by atoms with van der Waals surface area (Å²) in [5.41, 5.74) is 0.826. The zero-order chi connectivity index (χ0) is 21.0. The molecular weight excluding hydrogens is 385 g/mol. The zero-order valence-electron chi connectivity index (χ0n) is 16.2. The van der Waals surface area contributed by atoms with E-state index in [4.69, 9.17) is 11.6 Å². The van der Waals surface area contributed by atoms with Crippen LogP contribution in [0.15, 0.2) is 24.3 Å². The number of hydrogen-bond donors (Lipinski definition) is 2. The van der Waals surface area contributed by atoms with Crippen LogP contribution >= 0.6 is 11.6 Å². The SMILES string of the molecule is CCC(CC)NC(=O)C(=O)c1c(C)c(C(=O)Nc2ccc(F)cc2)c(Cl)n1C. The number of nitrogens with zero attached hydrogens (tertiary/aromatic N) is 1. The number of nitrogens with one attached hydrogen (secondary N) is 2. The second kappa shape index (κ2) is 9.01. The van der Waals surface area contributed by atoms with Gasteiger partial charge in [0, 0.05) is 18.8 Å². The summed E-state index contributed by atoms with van der Waals surface area (Å²) in [5, 5.41) is 5.34. The van der Waals surface area contributed by atoms with E-state index in [-0.39, 0.29) is 22.5 Å². The predicted octanol–water partition coefficient (Wildman–Crippen LogP) is 3.87. The molecule has 0 fully saturated rings. The van der Waals surface area contributed by atoms with E-state index in [0.717, 1.165) is 0 Å². The molecule has 2 aromatic rings. The Labute approximate surface area is 168 Å². The normalized spacial score (nSPS) is 10.8. The molecule has 150 valence electrons. The molecule has 0 aliphatic carbocycles. The third-order valence-corrected chi connectivity index (χ3v) is 5.08. The Hall–Kier alpha value is -2.67. The van der Waals surface area contributed by atoms with Gasteiger partial charge < -0.3 is 15.2 Å². The second-order valence-electron chi connectivity index (χ2n) is 6.48. The van der Waals surface area contributed by atoms with Crippen molar-refractivity contribution >= 4 is 34.9 Å².